The van der Waals surface area contributed by atoms with Crippen LogP contribution in [0.25, 0.3) is 0 Å². The number of rotatable bonds is 8. The van der Waals surface area contributed by atoms with Crippen molar-refractivity contribution in [2.24, 2.45) is 0 Å². The second-order valence-electron chi connectivity index (χ2n) is 6.95. The normalized spacial score (nSPS) is 12.9. The van der Waals surface area contributed by atoms with E-state index in [1.54, 1.807) is 37.3 Å². The highest BCUT2D eigenvalue weighted by Gasteiger charge is 2.26. The van der Waals surface area contributed by atoms with Crippen molar-refractivity contribution in [1.29, 1.82) is 0 Å². The molecule has 0 saturated carbocycles. The first-order valence-electron chi connectivity index (χ1n) is 9.39. The molecule has 0 heterocycles. The molecule has 0 radical (unpaired) electrons. The minimum atomic E-state index is -0.661. The zero-order valence-corrected chi connectivity index (χ0v) is 17.2. The van der Waals surface area contributed by atoms with Gasteiger partial charge in [-0.3, -0.25) is 9.59 Å². The van der Waals surface area contributed by atoms with E-state index in [0.29, 0.717) is 5.02 Å². The highest BCUT2D eigenvalue weighted by molar-refractivity contribution is 6.30. The fourth-order valence-electron chi connectivity index (χ4n) is 2.76. The number of nitrogens with one attached hydrogen (secondary N) is 1. The van der Waals surface area contributed by atoms with Gasteiger partial charge in [0, 0.05) is 17.6 Å². The van der Waals surface area contributed by atoms with Crippen LogP contribution in [0.3, 0.4) is 0 Å². The van der Waals surface area contributed by atoms with Crippen LogP contribution in [0.2, 0.25) is 5.02 Å². The molecule has 6 heteroatoms. The van der Waals surface area contributed by atoms with Crippen LogP contribution < -0.4 is 5.32 Å². The molecule has 0 aliphatic rings. The van der Waals surface area contributed by atoms with Gasteiger partial charge in [-0.2, -0.15) is 0 Å². The molecule has 4 nitrogen and oxygen atoms in total. The van der Waals surface area contributed by atoms with E-state index in [1.807, 2.05) is 19.9 Å². The third kappa shape index (κ3) is 6.34. The summed E-state index contributed by atoms with van der Waals surface area (Å²) >= 11 is 6.01. The van der Waals surface area contributed by atoms with Crippen LogP contribution >= 0.6 is 11.6 Å². The standard InChI is InChI=1S/C22H26ClFN2O2/c1-4-15(2)25-22(28)16(3)26(14-17-8-10-20(24)11-9-17)21(27)13-18-6-5-7-19(23)12-18/h5-12,15-16H,4,13-14H2,1-3H3,(H,25,28)/t15-,16+/m0/s1. The Morgan fingerprint density at radius 2 is 1.79 bits per heavy atom. The van der Waals surface area contributed by atoms with Crippen molar-refractivity contribution in [3.05, 3.63) is 70.5 Å². The first kappa shape index (κ1) is 21.9. The lowest BCUT2D eigenvalue weighted by Crippen LogP contribution is -2.49. The van der Waals surface area contributed by atoms with E-state index in [9.17, 15) is 14.0 Å². The Hall–Kier alpha value is -2.40. The molecule has 0 aliphatic carbocycles. The van der Waals surface area contributed by atoms with Gasteiger partial charge in [-0.05, 0) is 55.7 Å². The number of halogens is 2. The number of benzene rings is 2. The van der Waals surface area contributed by atoms with E-state index in [4.69, 9.17) is 11.6 Å². The molecule has 0 saturated heterocycles. The van der Waals surface area contributed by atoms with Gasteiger partial charge in [0.15, 0.2) is 0 Å². The van der Waals surface area contributed by atoms with Crippen molar-refractivity contribution in [3.8, 4) is 0 Å². The predicted octanol–water partition coefficient (Wildman–Crippen LogP) is 4.35. The summed E-state index contributed by atoms with van der Waals surface area (Å²) in [6.07, 6.45) is 0.926. The summed E-state index contributed by atoms with van der Waals surface area (Å²) in [7, 11) is 0. The van der Waals surface area contributed by atoms with E-state index in [2.05, 4.69) is 5.32 Å². The predicted molar refractivity (Wildman–Crippen MR) is 109 cm³/mol. The molecule has 0 aliphatic heterocycles. The quantitative estimate of drug-likeness (QED) is 0.710. The van der Waals surface area contributed by atoms with Gasteiger partial charge in [0.25, 0.3) is 0 Å². The van der Waals surface area contributed by atoms with Gasteiger partial charge in [-0.25, -0.2) is 4.39 Å². The molecule has 2 atom stereocenters. The molecule has 2 amide bonds. The van der Waals surface area contributed by atoms with E-state index in [1.165, 1.54) is 17.0 Å². The second kappa shape index (κ2) is 10.2. The third-order valence-electron chi connectivity index (χ3n) is 4.68. The fourth-order valence-corrected chi connectivity index (χ4v) is 2.97. The van der Waals surface area contributed by atoms with Crippen LogP contribution in [-0.4, -0.2) is 28.8 Å². The Bertz CT molecular complexity index is 810. The molecule has 0 spiro atoms. The zero-order chi connectivity index (χ0) is 20.7. The Kier molecular flexibility index (Phi) is 8.00. The van der Waals surface area contributed by atoms with E-state index < -0.39 is 6.04 Å². The molecule has 0 aromatic heterocycles. The molecule has 2 rings (SSSR count). The van der Waals surface area contributed by atoms with Gasteiger partial charge in [-0.1, -0.05) is 42.8 Å². The molecule has 0 fully saturated rings. The average Bonchev–Trinajstić information content (AvgIpc) is 2.66. The Morgan fingerprint density at radius 1 is 1.11 bits per heavy atom. The van der Waals surface area contributed by atoms with Crippen molar-refractivity contribution in [2.45, 2.75) is 52.2 Å². The van der Waals surface area contributed by atoms with Crippen LogP contribution in [0.1, 0.15) is 38.3 Å². The molecule has 2 aromatic carbocycles. The van der Waals surface area contributed by atoms with Gasteiger partial charge in [0.1, 0.15) is 11.9 Å². The molecule has 0 unspecified atom stereocenters. The average molecular weight is 405 g/mol. The zero-order valence-electron chi connectivity index (χ0n) is 16.4. The van der Waals surface area contributed by atoms with Crippen LogP contribution in [-0.2, 0) is 22.6 Å². The Balaban J connectivity index is 2.22. The number of amides is 2. The van der Waals surface area contributed by atoms with Crippen molar-refractivity contribution in [2.75, 3.05) is 0 Å². The largest absolute Gasteiger partial charge is 0.352 e. The minimum absolute atomic E-state index is 0.0191. The maximum Gasteiger partial charge on any atom is 0.242 e. The summed E-state index contributed by atoms with van der Waals surface area (Å²) in [5.41, 5.74) is 1.53. The van der Waals surface area contributed by atoms with Gasteiger partial charge in [0.05, 0.1) is 6.42 Å². The van der Waals surface area contributed by atoms with Gasteiger partial charge < -0.3 is 10.2 Å². The molecular formula is C22H26ClFN2O2. The second-order valence-corrected chi connectivity index (χ2v) is 7.39. The molecular weight excluding hydrogens is 379 g/mol. The number of nitrogens with zero attached hydrogens (tertiary/aromatic N) is 1. The SMILES string of the molecule is CC[C@H](C)NC(=O)[C@@H](C)N(Cc1ccc(F)cc1)C(=O)Cc1cccc(Cl)c1. The van der Waals surface area contributed by atoms with Crippen LogP contribution in [0, 0.1) is 5.82 Å². The maximum atomic E-state index is 13.2. The van der Waals surface area contributed by atoms with Crippen LogP contribution in [0.15, 0.2) is 48.5 Å². The topological polar surface area (TPSA) is 49.4 Å². The number of hydrogen-bond donors (Lipinski definition) is 1. The summed E-state index contributed by atoms with van der Waals surface area (Å²) in [6.45, 7) is 5.82. The van der Waals surface area contributed by atoms with Crippen molar-refractivity contribution < 1.29 is 14.0 Å². The Morgan fingerprint density at radius 3 is 2.39 bits per heavy atom. The lowest BCUT2D eigenvalue weighted by atomic mass is 10.1. The van der Waals surface area contributed by atoms with Crippen molar-refractivity contribution in [3.63, 3.8) is 0 Å². The first-order valence-corrected chi connectivity index (χ1v) is 9.76. The summed E-state index contributed by atoms with van der Waals surface area (Å²) in [5.74, 6) is -0.752. The van der Waals surface area contributed by atoms with Crippen molar-refractivity contribution >= 4 is 23.4 Å². The minimum Gasteiger partial charge on any atom is -0.352 e. The number of hydrogen-bond acceptors (Lipinski definition) is 2. The van der Waals surface area contributed by atoms with Crippen LogP contribution in [0.4, 0.5) is 4.39 Å². The molecule has 0 bridgehead atoms. The number of carbonyl (C=O) groups is 2. The van der Waals surface area contributed by atoms with E-state index in [-0.39, 0.29) is 36.6 Å². The summed E-state index contributed by atoms with van der Waals surface area (Å²) < 4.78 is 13.2. The smallest absolute Gasteiger partial charge is 0.242 e. The van der Waals surface area contributed by atoms with Gasteiger partial charge in [0.2, 0.25) is 11.8 Å². The monoisotopic (exact) mass is 404 g/mol. The first-order chi connectivity index (χ1) is 13.3. The molecule has 1 N–H and O–H groups in total. The van der Waals surface area contributed by atoms with Gasteiger partial charge >= 0.3 is 0 Å². The number of carbonyl (C=O) groups excluding carboxylic acids is 2. The lowest BCUT2D eigenvalue weighted by Gasteiger charge is -2.30. The van der Waals surface area contributed by atoms with Gasteiger partial charge in [-0.15, -0.1) is 0 Å². The summed E-state index contributed by atoms with van der Waals surface area (Å²) in [5, 5.41) is 3.47. The maximum absolute atomic E-state index is 13.2. The van der Waals surface area contributed by atoms with Crippen LogP contribution in [0.5, 0.6) is 0 Å². The molecule has 28 heavy (non-hydrogen) atoms. The Labute approximate surface area is 170 Å². The summed E-state index contributed by atoms with van der Waals surface area (Å²) in [4.78, 5) is 27.2. The highest BCUT2D eigenvalue weighted by Crippen LogP contribution is 2.16. The summed E-state index contributed by atoms with van der Waals surface area (Å²) in [6, 6.07) is 12.4. The van der Waals surface area contributed by atoms with E-state index >= 15 is 0 Å². The van der Waals surface area contributed by atoms with Crippen molar-refractivity contribution in [1.82, 2.24) is 10.2 Å². The third-order valence-corrected chi connectivity index (χ3v) is 4.91. The molecule has 2 aromatic rings. The van der Waals surface area contributed by atoms with E-state index in [0.717, 1.165) is 17.5 Å². The highest BCUT2D eigenvalue weighted by atomic mass is 35.5. The lowest BCUT2D eigenvalue weighted by molar-refractivity contribution is -0.140. The fraction of sp³-hybridized carbons (Fsp3) is 0.364. The molecule has 150 valence electrons.